The molecule has 0 aromatic carbocycles. The first-order chi connectivity index (χ1) is 7.79. The van der Waals surface area contributed by atoms with Crippen molar-refractivity contribution in [3.8, 4) is 0 Å². The minimum atomic E-state index is -0.117. The lowest BCUT2D eigenvalue weighted by molar-refractivity contribution is 0.654. The third-order valence-corrected chi connectivity index (χ3v) is 3.26. The average Bonchev–Trinajstić information content (AvgIpc) is 2.64. The van der Waals surface area contributed by atoms with Crippen molar-refractivity contribution in [3.05, 3.63) is 10.5 Å². The molecule has 0 atom stereocenters. The van der Waals surface area contributed by atoms with Crippen LogP contribution in [0.2, 0.25) is 0 Å². The van der Waals surface area contributed by atoms with Gasteiger partial charge in [0.25, 0.3) is 0 Å². The van der Waals surface area contributed by atoms with E-state index in [1.807, 2.05) is 6.92 Å². The van der Waals surface area contributed by atoms with Crippen LogP contribution in [0, 0.1) is 0 Å². The van der Waals surface area contributed by atoms with Gasteiger partial charge >= 0.3 is 5.69 Å². The van der Waals surface area contributed by atoms with Crippen molar-refractivity contribution in [1.82, 2.24) is 20.1 Å². The lowest BCUT2D eigenvalue weighted by atomic mass is 10.4. The number of thioether (sulfide) groups is 1. The van der Waals surface area contributed by atoms with Gasteiger partial charge in [0, 0.05) is 12.3 Å². The van der Waals surface area contributed by atoms with Crippen LogP contribution in [0.15, 0.2) is 9.95 Å². The Kier molecular flexibility index (Phi) is 6.25. The average molecular weight is 244 g/mol. The summed E-state index contributed by atoms with van der Waals surface area (Å²) in [5.74, 6) is 0.987. The van der Waals surface area contributed by atoms with Gasteiger partial charge in [0.05, 0.1) is 0 Å². The molecule has 0 aliphatic heterocycles. The van der Waals surface area contributed by atoms with Crippen LogP contribution in [-0.4, -0.2) is 33.6 Å². The van der Waals surface area contributed by atoms with E-state index in [2.05, 4.69) is 22.4 Å². The molecular weight excluding hydrogens is 224 g/mol. The molecular formula is C10H20N4OS. The summed E-state index contributed by atoms with van der Waals surface area (Å²) < 4.78 is 1.66. The number of nitrogens with one attached hydrogen (secondary N) is 2. The smallest absolute Gasteiger partial charge is 0.317 e. The Morgan fingerprint density at radius 2 is 2.25 bits per heavy atom. The maximum absolute atomic E-state index is 11.3. The molecule has 1 aromatic heterocycles. The molecule has 1 heterocycles. The standard InChI is InChI=1S/C10H20N4OS/c1-3-6-11-7-5-8-16-10-13-12-9(15)14(10)4-2/h11H,3-8H2,1-2H3,(H,12,15). The molecule has 6 heteroatoms. The fourth-order valence-corrected chi connectivity index (χ4v) is 2.30. The molecule has 0 saturated carbocycles. The first kappa shape index (κ1) is 13.3. The number of nitrogens with zero attached hydrogens (tertiary/aromatic N) is 2. The summed E-state index contributed by atoms with van der Waals surface area (Å²) >= 11 is 1.63. The van der Waals surface area contributed by atoms with E-state index in [1.165, 1.54) is 6.42 Å². The minimum absolute atomic E-state index is 0.117. The van der Waals surface area contributed by atoms with E-state index in [9.17, 15) is 4.79 Å². The first-order valence-electron chi connectivity index (χ1n) is 5.78. The molecule has 5 nitrogen and oxygen atoms in total. The van der Waals surface area contributed by atoms with Crippen LogP contribution >= 0.6 is 11.8 Å². The number of aromatic amines is 1. The van der Waals surface area contributed by atoms with Crippen LogP contribution < -0.4 is 11.0 Å². The molecule has 0 aliphatic carbocycles. The third kappa shape index (κ3) is 4.02. The Morgan fingerprint density at radius 1 is 1.44 bits per heavy atom. The summed E-state index contributed by atoms with van der Waals surface area (Å²) in [6, 6.07) is 0. The Labute approximate surface area is 100 Å². The number of hydrogen-bond acceptors (Lipinski definition) is 4. The Hall–Kier alpha value is -0.750. The Balaban J connectivity index is 2.24. The summed E-state index contributed by atoms with van der Waals surface area (Å²) in [4.78, 5) is 11.3. The molecule has 16 heavy (non-hydrogen) atoms. The highest BCUT2D eigenvalue weighted by Crippen LogP contribution is 2.13. The molecule has 0 fully saturated rings. The summed E-state index contributed by atoms with van der Waals surface area (Å²) in [5, 5.41) is 10.6. The van der Waals surface area contributed by atoms with Crippen LogP contribution in [0.1, 0.15) is 26.7 Å². The highest BCUT2D eigenvalue weighted by molar-refractivity contribution is 7.99. The van der Waals surface area contributed by atoms with Gasteiger partial charge in [-0.15, -0.1) is 5.10 Å². The molecule has 0 spiro atoms. The van der Waals surface area contributed by atoms with Crippen LogP contribution in [0.25, 0.3) is 0 Å². The van der Waals surface area contributed by atoms with Gasteiger partial charge in [0.2, 0.25) is 0 Å². The second-order valence-corrected chi connectivity index (χ2v) is 4.57. The molecule has 0 radical (unpaired) electrons. The second-order valence-electron chi connectivity index (χ2n) is 3.51. The van der Waals surface area contributed by atoms with Crippen molar-refractivity contribution >= 4 is 11.8 Å². The van der Waals surface area contributed by atoms with E-state index in [0.29, 0.717) is 6.54 Å². The van der Waals surface area contributed by atoms with Gasteiger partial charge in [-0.2, -0.15) is 0 Å². The maximum atomic E-state index is 11.3. The topological polar surface area (TPSA) is 62.7 Å². The fourth-order valence-electron chi connectivity index (χ4n) is 1.35. The number of hydrogen-bond donors (Lipinski definition) is 2. The SMILES string of the molecule is CCCNCCCSc1n[nH]c(=O)n1CC. The predicted octanol–water partition coefficient (Wildman–Crippen LogP) is 1.07. The van der Waals surface area contributed by atoms with E-state index in [4.69, 9.17) is 0 Å². The van der Waals surface area contributed by atoms with Gasteiger partial charge in [-0.25, -0.2) is 9.89 Å². The van der Waals surface area contributed by atoms with Gasteiger partial charge < -0.3 is 5.32 Å². The molecule has 1 aromatic rings. The maximum Gasteiger partial charge on any atom is 0.343 e. The van der Waals surface area contributed by atoms with Crippen molar-refractivity contribution in [2.24, 2.45) is 0 Å². The molecule has 2 N–H and O–H groups in total. The van der Waals surface area contributed by atoms with Crippen molar-refractivity contribution in [1.29, 1.82) is 0 Å². The third-order valence-electron chi connectivity index (χ3n) is 2.20. The molecule has 0 unspecified atom stereocenters. The number of aromatic nitrogens is 3. The summed E-state index contributed by atoms with van der Waals surface area (Å²) in [6.45, 7) is 6.88. The predicted molar refractivity (Wildman–Crippen MR) is 67.0 cm³/mol. The Morgan fingerprint density at radius 3 is 2.94 bits per heavy atom. The first-order valence-corrected chi connectivity index (χ1v) is 6.76. The molecule has 0 amide bonds. The van der Waals surface area contributed by atoms with Crippen LogP contribution in [0.4, 0.5) is 0 Å². The van der Waals surface area contributed by atoms with Gasteiger partial charge in [0.15, 0.2) is 5.16 Å². The van der Waals surface area contributed by atoms with Gasteiger partial charge in [-0.1, -0.05) is 18.7 Å². The highest BCUT2D eigenvalue weighted by atomic mass is 32.2. The van der Waals surface area contributed by atoms with Crippen LogP contribution in [0.5, 0.6) is 0 Å². The lowest BCUT2D eigenvalue weighted by Crippen LogP contribution is -2.17. The minimum Gasteiger partial charge on any atom is -0.317 e. The summed E-state index contributed by atoms with van der Waals surface area (Å²) in [5.41, 5.74) is -0.117. The zero-order valence-electron chi connectivity index (χ0n) is 9.95. The molecule has 1 rings (SSSR count). The Bertz CT molecular complexity index is 347. The van der Waals surface area contributed by atoms with Crippen LogP contribution in [-0.2, 0) is 6.54 Å². The normalized spacial score (nSPS) is 10.9. The van der Waals surface area contributed by atoms with Gasteiger partial charge in [-0.3, -0.25) is 4.57 Å². The quantitative estimate of drug-likeness (QED) is 0.530. The summed E-state index contributed by atoms with van der Waals surface area (Å²) in [7, 11) is 0. The zero-order valence-corrected chi connectivity index (χ0v) is 10.8. The lowest BCUT2D eigenvalue weighted by Gasteiger charge is -2.03. The van der Waals surface area contributed by atoms with E-state index >= 15 is 0 Å². The van der Waals surface area contributed by atoms with Crippen molar-refractivity contribution < 1.29 is 0 Å². The summed E-state index contributed by atoms with van der Waals surface area (Å²) in [6.07, 6.45) is 2.26. The van der Waals surface area contributed by atoms with E-state index in [-0.39, 0.29) is 5.69 Å². The van der Waals surface area contributed by atoms with Gasteiger partial charge in [-0.05, 0) is 32.9 Å². The van der Waals surface area contributed by atoms with Crippen molar-refractivity contribution in [2.45, 2.75) is 38.4 Å². The zero-order chi connectivity index (χ0) is 11.8. The molecule has 92 valence electrons. The number of rotatable bonds is 8. The molecule has 0 bridgehead atoms. The highest BCUT2D eigenvalue weighted by Gasteiger charge is 2.05. The second kappa shape index (κ2) is 7.51. The number of H-pyrrole nitrogens is 1. The fraction of sp³-hybridized carbons (Fsp3) is 0.800. The van der Waals surface area contributed by atoms with Gasteiger partial charge in [0.1, 0.15) is 0 Å². The van der Waals surface area contributed by atoms with Crippen molar-refractivity contribution in [2.75, 3.05) is 18.8 Å². The van der Waals surface area contributed by atoms with Crippen LogP contribution in [0.3, 0.4) is 0 Å². The largest absolute Gasteiger partial charge is 0.343 e. The van der Waals surface area contributed by atoms with E-state index in [1.54, 1.807) is 16.3 Å². The molecule has 0 aliphatic rings. The monoisotopic (exact) mass is 244 g/mol. The van der Waals surface area contributed by atoms with Crippen molar-refractivity contribution in [3.63, 3.8) is 0 Å². The molecule has 0 saturated heterocycles. The van der Waals surface area contributed by atoms with E-state index in [0.717, 1.165) is 30.4 Å². The van der Waals surface area contributed by atoms with E-state index < -0.39 is 0 Å².